The number of hydrogen-bond donors (Lipinski definition) is 1. The van der Waals surface area contributed by atoms with Crippen molar-refractivity contribution < 1.29 is 0 Å². The molecular formula is C11H8N4. The lowest BCUT2D eigenvalue weighted by Crippen LogP contribution is -1.82. The van der Waals surface area contributed by atoms with Crippen molar-refractivity contribution in [3.8, 4) is 11.4 Å². The van der Waals surface area contributed by atoms with E-state index in [0.717, 1.165) is 22.3 Å². The Morgan fingerprint density at radius 1 is 1.07 bits per heavy atom. The van der Waals surface area contributed by atoms with Crippen LogP contribution in [0.25, 0.3) is 22.3 Å². The maximum atomic E-state index is 4.26. The molecule has 2 heterocycles. The van der Waals surface area contributed by atoms with Crippen LogP contribution in [0.15, 0.2) is 42.9 Å². The van der Waals surface area contributed by atoms with Gasteiger partial charge >= 0.3 is 0 Å². The molecule has 0 spiro atoms. The van der Waals surface area contributed by atoms with Gasteiger partial charge in [-0.05, 0) is 24.3 Å². The third-order valence-corrected chi connectivity index (χ3v) is 2.29. The van der Waals surface area contributed by atoms with Crippen LogP contribution in [-0.2, 0) is 0 Å². The average Bonchev–Trinajstić information content (AvgIpc) is 2.82. The van der Waals surface area contributed by atoms with Crippen molar-refractivity contribution in [1.29, 1.82) is 0 Å². The molecule has 0 saturated carbocycles. The fourth-order valence-electron chi connectivity index (χ4n) is 1.57. The number of nitrogens with zero attached hydrogens (tertiary/aromatic N) is 3. The Morgan fingerprint density at radius 2 is 2.07 bits per heavy atom. The molecule has 0 aliphatic carbocycles. The highest BCUT2D eigenvalue weighted by Gasteiger charge is 2.01. The van der Waals surface area contributed by atoms with Gasteiger partial charge in [0, 0.05) is 17.1 Å². The smallest absolute Gasteiger partial charge is 0.155 e. The summed E-state index contributed by atoms with van der Waals surface area (Å²) in [6, 6.07) is 9.96. The van der Waals surface area contributed by atoms with Crippen LogP contribution in [0.1, 0.15) is 0 Å². The van der Waals surface area contributed by atoms with Crippen LogP contribution in [0.3, 0.4) is 0 Å². The molecule has 0 unspecified atom stereocenters. The van der Waals surface area contributed by atoms with Gasteiger partial charge in [0.25, 0.3) is 0 Å². The van der Waals surface area contributed by atoms with Crippen LogP contribution in [0.2, 0.25) is 0 Å². The lowest BCUT2D eigenvalue weighted by molar-refractivity contribution is 1.10. The van der Waals surface area contributed by atoms with Crippen molar-refractivity contribution >= 4 is 10.9 Å². The van der Waals surface area contributed by atoms with Crippen molar-refractivity contribution in [2.75, 3.05) is 0 Å². The van der Waals surface area contributed by atoms with Gasteiger partial charge in [-0.25, -0.2) is 4.98 Å². The Kier molecular flexibility index (Phi) is 1.71. The van der Waals surface area contributed by atoms with Crippen LogP contribution >= 0.6 is 0 Å². The minimum atomic E-state index is 0.778. The molecule has 4 nitrogen and oxygen atoms in total. The van der Waals surface area contributed by atoms with Gasteiger partial charge in [0.1, 0.15) is 6.33 Å². The highest BCUT2D eigenvalue weighted by atomic mass is 15.2. The maximum absolute atomic E-state index is 4.26. The van der Waals surface area contributed by atoms with E-state index in [4.69, 9.17) is 0 Å². The minimum Gasteiger partial charge on any atom is -0.259 e. The first-order valence-electron chi connectivity index (χ1n) is 4.64. The van der Waals surface area contributed by atoms with Gasteiger partial charge in [-0.3, -0.25) is 10.1 Å². The Bertz CT molecular complexity index is 586. The maximum Gasteiger partial charge on any atom is 0.155 e. The molecule has 0 amide bonds. The fourth-order valence-corrected chi connectivity index (χ4v) is 1.57. The highest BCUT2D eigenvalue weighted by Crippen LogP contribution is 2.19. The molecule has 1 aromatic carbocycles. The summed E-state index contributed by atoms with van der Waals surface area (Å²) >= 11 is 0. The molecule has 3 rings (SSSR count). The van der Waals surface area contributed by atoms with Gasteiger partial charge in [0.2, 0.25) is 0 Å². The number of aromatic nitrogens is 4. The number of pyridine rings is 1. The highest BCUT2D eigenvalue weighted by molar-refractivity contribution is 5.82. The summed E-state index contributed by atoms with van der Waals surface area (Å²) in [6.07, 6.45) is 3.29. The number of rotatable bonds is 1. The molecule has 72 valence electrons. The molecule has 0 saturated heterocycles. The number of H-pyrrole nitrogens is 1. The Hall–Kier alpha value is -2.23. The first-order valence-corrected chi connectivity index (χ1v) is 4.64. The second kappa shape index (κ2) is 3.16. The van der Waals surface area contributed by atoms with E-state index in [0.29, 0.717) is 0 Å². The van der Waals surface area contributed by atoms with E-state index in [9.17, 15) is 0 Å². The average molecular weight is 196 g/mol. The zero-order chi connectivity index (χ0) is 10.1. The first-order chi connectivity index (χ1) is 7.43. The second-order valence-electron chi connectivity index (χ2n) is 3.24. The molecule has 1 N–H and O–H groups in total. The van der Waals surface area contributed by atoms with Crippen LogP contribution in [0, 0.1) is 0 Å². The van der Waals surface area contributed by atoms with Crippen molar-refractivity contribution in [1.82, 2.24) is 20.2 Å². The molecule has 0 bridgehead atoms. The first kappa shape index (κ1) is 8.11. The number of benzene rings is 1. The molecule has 0 aliphatic rings. The zero-order valence-corrected chi connectivity index (χ0v) is 7.88. The Balaban J connectivity index is 2.22. The lowest BCUT2D eigenvalue weighted by atomic mass is 10.1. The molecule has 0 aliphatic heterocycles. The van der Waals surface area contributed by atoms with Crippen LogP contribution in [0.5, 0.6) is 0 Å². The van der Waals surface area contributed by atoms with Gasteiger partial charge < -0.3 is 0 Å². The van der Waals surface area contributed by atoms with E-state index in [2.05, 4.69) is 20.2 Å². The second-order valence-corrected chi connectivity index (χ2v) is 3.24. The van der Waals surface area contributed by atoms with Crippen molar-refractivity contribution in [3.05, 3.63) is 42.9 Å². The van der Waals surface area contributed by atoms with Crippen LogP contribution in [0.4, 0.5) is 0 Å². The predicted molar refractivity (Wildman–Crippen MR) is 57.1 cm³/mol. The normalized spacial score (nSPS) is 10.7. The van der Waals surface area contributed by atoms with Crippen LogP contribution in [-0.4, -0.2) is 20.2 Å². The summed E-state index contributed by atoms with van der Waals surface area (Å²) in [5.74, 6) is 0.778. The number of fused-ring (bicyclic) bond motifs is 1. The topological polar surface area (TPSA) is 54.5 Å². The molecule has 0 radical (unpaired) electrons. The third-order valence-electron chi connectivity index (χ3n) is 2.29. The standard InChI is InChI=1S/C11H8N4/c1-2-8-6-9(11-13-7-14-15-11)3-4-10(8)12-5-1/h1-7H,(H,13,14,15). The van der Waals surface area contributed by atoms with Gasteiger partial charge in [-0.2, -0.15) is 5.10 Å². The van der Waals surface area contributed by atoms with Crippen molar-refractivity contribution in [2.45, 2.75) is 0 Å². The monoisotopic (exact) mass is 196 g/mol. The van der Waals surface area contributed by atoms with Gasteiger partial charge in [0.15, 0.2) is 5.82 Å². The van der Waals surface area contributed by atoms with Crippen molar-refractivity contribution in [3.63, 3.8) is 0 Å². The number of nitrogens with one attached hydrogen (secondary N) is 1. The fraction of sp³-hybridized carbons (Fsp3) is 0. The molecular weight excluding hydrogens is 188 g/mol. The summed E-state index contributed by atoms with van der Waals surface area (Å²) < 4.78 is 0. The summed E-state index contributed by atoms with van der Waals surface area (Å²) in [6.45, 7) is 0. The van der Waals surface area contributed by atoms with Gasteiger partial charge in [0.05, 0.1) is 5.52 Å². The van der Waals surface area contributed by atoms with E-state index in [1.54, 1.807) is 6.20 Å². The van der Waals surface area contributed by atoms with Gasteiger partial charge in [-0.1, -0.05) is 6.07 Å². The molecule has 15 heavy (non-hydrogen) atoms. The van der Waals surface area contributed by atoms with E-state index in [1.807, 2.05) is 30.3 Å². The molecule has 0 atom stereocenters. The lowest BCUT2D eigenvalue weighted by Gasteiger charge is -1.99. The SMILES string of the molecule is c1cnc2ccc(-c3ncn[nH]3)cc2c1. The third kappa shape index (κ3) is 1.36. The zero-order valence-electron chi connectivity index (χ0n) is 7.88. The summed E-state index contributed by atoms with van der Waals surface area (Å²) in [7, 11) is 0. The molecule has 3 aromatic rings. The van der Waals surface area contributed by atoms with E-state index in [-0.39, 0.29) is 0 Å². The molecule has 4 heteroatoms. The van der Waals surface area contributed by atoms with Gasteiger partial charge in [-0.15, -0.1) is 0 Å². The Morgan fingerprint density at radius 3 is 2.93 bits per heavy atom. The largest absolute Gasteiger partial charge is 0.259 e. The number of hydrogen-bond acceptors (Lipinski definition) is 3. The van der Waals surface area contributed by atoms with E-state index < -0.39 is 0 Å². The van der Waals surface area contributed by atoms with E-state index in [1.165, 1.54) is 6.33 Å². The van der Waals surface area contributed by atoms with E-state index >= 15 is 0 Å². The summed E-state index contributed by atoms with van der Waals surface area (Å²) in [5, 5.41) is 7.77. The molecule has 2 aromatic heterocycles. The predicted octanol–water partition coefficient (Wildman–Crippen LogP) is 2.02. The van der Waals surface area contributed by atoms with Crippen LogP contribution < -0.4 is 0 Å². The minimum absolute atomic E-state index is 0.778. The summed E-state index contributed by atoms with van der Waals surface area (Å²) in [5.41, 5.74) is 2.01. The molecule has 0 fully saturated rings. The number of aromatic amines is 1. The Labute approximate surface area is 86.0 Å². The summed E-state index contributed by atoms with van der Waals surface area (Å²) in [4.78, 5) is 8.36. The quantitative estimate of drug-likeness (QED) is 0.647. The van der Waals surface area contributed by atoms with Crippen molar-refractivity contribution in [2.24, 2.45) is 0 Å².